The summed E-state index contributed by atoms with van der Waals surface area (Å²) in [5, 5.41) is 7.72. The van der Waals surface area contributed by atoms with Crippen LogP contribution in [0.4, 0.5) is 9.59 Å². The number of piperidine rings is 2. The average molecular weight is 841 g/mol. The molecule has 324 valence electrons. The van der Waals surface area contributed by atoms with E-state index in [1.54, 1.807) is 0 Å². The number of imidazole rings is 2. The lowest BCUT2D eigenvalue weighted by Gasteiger charge is -2.32. The van der Waals surface area contributed by atoms with Gasteiger partial charge in [-0.25, -0.2) is 19.6 Å². The number of H-pyrrole nitrogens is 2. The Morgan fingerprint density at radius 1 is 0.613 bits per heavy atom. The summed E-state index contributed by atoms with van der Waals surface area (Å²) in [5.41, 5.74) is 5.94. The number of amides is 4. The van der Waals surface area contributed by atoms with Crippen molar-refractivity contribution in [3.8, 4) is 33.6 Å². The molecule has 2 aliphatic carbocycles. The number of fused-ring (bicyclic) bond motifs is 3. The number of hydrogen-bond acceptors (Lipinski definition) is 8. The number of rotatable bonds is 11. The molecular formula is C48H56N8O6. The fourth-order valence-electron chi connectivity index (χ4n) is 10.4. The third-order valence-corrected chi connectivity index (χ3v) is 14.1. The fraction of sp³-hybridized carbons (Fsp3) is 0.458. The molecule has 0 bridgehead atoms. The number of alkyl carbamates (subject to hydrolysis) is 2. The molecule has 4 amide bonds. The van der Waals surface area contributed by atoms with Gasteiger partial charge in [0.1, 0.15) is 23.7 Å². The zero-order valence-electron chi connectivity index (χ0n) is 36.5. The first kappa shape index (κ1) is 41.2. The number of carbonyl (C=O) groups is 4. The van der Waals surface area contributed by atoms with E-state index in [1.165, 1.54) is 14.2 Å². The van der Waals surface area contributed by atoms with Crippen molar-refractivity contribution in [2.45, 2.75) is 90.6 Å². The van der Waals surface area contributed by atoms with Crippen molar-refractivity contribution in [1.82, 2.24) is 40.4 Å². The van der Waals surface area contributed by atoms with Gasteiger partial charge >= 0.3 is 12.2 Å². The number of nitrogens with one attached hydrogen (secondary N) is 4. The molecule has 9 rings (SSSR count). The molecule has 4 fully saturated rings. The van der Waals surface area contributed by atoms with Crippen LogP contribution < -0.4 is 10.6 Å². The van der Waals surface area contributed by atoms with Gasteiger partial charge in [0, 0.05) is 17.6 Å². The monoisotopic (exact) mass is 840 g/mol. The van der Waals surface area contributed by atoms with E-state index < -0.39 is 24.3 Å². The summed E-state index contributed by atoms with van der Waals surface area (Å²) in [5.74, 6) is 2.75. The van der Waals surface area contributed by atoms with Gasteiger partial charge in [-0.15, -0.1) is 0 Å². The van der Waals surface area contributed by atoms with Crippen LogP contribution in [-0.4, -0.2) is 92.1 Å². The highest BCUT2D eigenvalue weighted by molar-refractivity contribution is 5.91. The van der Waals surface area contributed by atoms with Crippen LogP contribution in [0.15, 0.2) is 73.1 Å². The van der Waals surface area contributed by atoms with Crippen molar-refractivity contribution in [2.24, 2.45) is 35.5 Å². The molecule has 10 atom stereocenters. The van der Waals surface area contributed by atoms with Gasteiger partial charge in [0.2, 0.25) is 11.8 Å². The molecule has 3 aromatic carbocycles. The molecule has 4 N–H and O–H groups in total. The standard InChI is InChI=1S/C48H56N8O6/c1-23(2)39(53-47(59)61-7)45(57)55-37(19-33-25(5)41(33)55)43-49-21-35(51-43)28-11-9-27(10-12-28)29-13-14-31-18-32(16-15-30(31)17-29)36-22-50-44(52-36)38-20-34-26(6)42(34)56(38)46(58)40(24(3)4)54-48(60)62-8/h9-18,21-26,33-34,37-42H,19-20H2,1-8H3,(H,49,51)(H,50,52)(H,53,59)(H,54,60)/t25-,26-,33+,34+,37+,38+,39+,40+,41-,42-/m1/s1. The van der Waals surface area contributed by atoms with Crippen LogP contribution in [0.25, 0.3) is 44.4 Å². The van der Waals surface area contributed by atoms with Crippen molar-refractivity contribution in [2.75, 3.05) is 14.2 Å². The van der Waals surface area contributed by atoms with Crippen LogP contribution in [-0.2, 0) is 19.1 Å². The summed E-state index contributed by atoms with van der Waals surface area (Å²) in [4.78, 5) is 72.7. The number of hydrogen-bond donors (Lipinski definition) is 4. The van der Waals surface area contributed by atoms with Gasteiger partial charge in [-0.05, 0) is 87.9 Å². The second-order valence-corrected chi connectivity index (χ2v) is 18.5. The van der Waals surface area contributed by atoms with E-state index in [0.29, 0.717) is 23.7 Å². The lowest BCUT2D eigenvalue weighted by Crippen LogP contribution is -2.52. The Bertz CT molecular complexity index is 2530. The van der Waals surface area contributed by atoms with Crippen molar-refractivity contribution < 1.29 is 28.7 Å². The summed E-state index contributed by atoms with van der Waals surface area (Å²) in [6.07, 6.45) is 4.12. The van der Waals surface area contributed by atoms with Crippen LogP contribution in [0.2, 0.25) is 0 Å². The highest BCUT2D eigenvalue weighted by Crippen LogP contribution is 2.58. The third-order valence-electron chi connectivity index (χ3n) is 14.1. The molecule has 0 radical (unpaired) electrons. The van der Waals surface area contributed by atoms with Crippen LogP contribution in [0.1, 0.15) is 78.1 Å². The number of aromatic amines is 2. The molecule has 2 aromatic heterocycles. The number of ether oxygens (including phenoxy) is 2. The van der Waals surface area contributed by atoms with Gasteiger partial charge in [-0.1, -0.05) is 90.1 Å². The van der Waals surface area contributed by atoms with Crippen molar-refractivity contribution in [1.29, 1.82) is 0 Å². The number of nitrogens with zero attached hydrogens (tertiary/aromatic N) is 4. The van der Waals surface area contributed by atoms with E-state index >= 15 is 0 Å². The largest absolute Gasteiger partial charge is 0.453 e. The zero-order valence-corrected chi connectivity index (χ0v) is 36.5. The number of carbonyl (C=O) groups excluding carboxylic acids is 4. The topological polar surface area (TPSA) is 175 Å². The second-order valence-electron chi connectivity index (χ2n) is 18.5. The Morgan fingerprint density at radius 2 is 1.02 bits per heavy atom. The van der Waals surface area contributed by atoms with Crippen LogP contribution in [0, 0.1) is 35.5 Å². The first-order chi connectivity index (χ1) is 29.8. The summed E-state index contributed by atoms with van der Waals surface area (Å²) >= 11 is 0. The molecule has 2 saturated carbocycles. The van der Waals surface area contributed by atoms with Crippen molar-refractivity contribution >= 4 is 34.8 Å². The molecule has 4 heterocycles. The van der Waals surface area contributed by atoms with E-state index in [2.05, 4.69) is 95.1 Å². The molecule has 4 aliphatic rings. The number of aromatic nitrogens is 4. The first-order valence-corrected chi connectivity index (χ1v) is 21.9. The minimum absolute atomic E-state index is 0.101. The van der Waals surface area contributed by atoms with Gasteiger partial charge in [0.25, 0.3) is 0 Å². The Morgan fingerprint density at radius 3 is 1.47 bits per heavy atom. The quantitative estimate of drug-likeness (QED) is 0.104. The fourth-order valence-corrected chi connectivity index (χ4v) is 10.4. The minimum atomic E-state index is -0.690. The first-order valence-electron chi connectivity index (χ1n) is 21.9. The zero-order chi connectivity index (χ0) is 43.7. The summed E-state index contributed by atoms with van der Waals surface area (Å²) < 4.78 is 9.66. The number of likely N-dealkylation sites (tertiary alicyclic amines) is 2. The summed E-state index contributed by atoms with van der Waals surface area (Å²) in [6.45, 7) is 12.1. The van der Waals surface area contributed by atoms with Crippen molar-refractivity contribution in [3.63, 3.8) is 0 Å². The van der Waals surface area contributed by atoms with E-state index in [-0.39, 0.29) is 47.8 Å². The molecule has 2 saturated heterocycles. The number of benzene rings is 3. The lowest BCUT2D eigenvalue weighted by molar-refractivity contribution is -0.137. The molecule has 14 heteroatoms. The Hall–Kier alpha value is -6.18. The Labute approximate surface area is 361 Å². The van der Waals surface area contributed by atoms with Gasteiger partial charge < -0.3 is 39.9 Å². The molecular weight excluding hydrogens is 785 g/mol. The van der Waals surface area contributed by atoms with Gasteiger partial charge in [-0.2, -0.15) is 0 Å². The minimum Gasteiger partial charge on any atom is -0.453 e. The lowest BCUT2D eigenvalue weighted by atomic mass is 9.98. The van der Waals surface area contributed by atoms with Crippen LogP contribution in [0.5, 0.6) is 0 Å². The molecule has 14 nitrogen and oxygen atoms in total. The maximum absolute atomic E-state index is 14.0. The van der Waals surface area contributed by atoms with Gasteiger partial charge in [0.15, 0.2) is 0 Å². The number of methoxy groups -OCH3 is 2. The molecule has 62 heavy (non-hydrogen) atoms. The normalized spacial score (nSPS) is 25.6. The van der Waals surface area contributed by atoms with E-state index in [4.69, 9.17) is 19.4 Å². The Kier molecular flexibility index (Phi) is 10.6. The Balaban J connectivity index is 0.888. The van der Waals surface area contributed by atoms with Crippen molar-refractivity contribution in [3.05, 3.63) is 84.7 Å². The highest BCUT2D eigenvalue weighted by atomic mass is 16.5. The molecule has 0 unspecified atom stereocenters. The summed E-state index contributed by atoms with van der Waals surface area (Å²) in [6, 6.07) is 19.7. The van der Waals surface area contributed by atoms with Crippen LogP contribution in [0.3, 0.4) is 0 Å². The second kappa shape index (κ2) is 15.9. The SMILES string of the molecule is COC(=O)N[C@H](C(=O)N1[C@@H]2[C@H](C)[C@@H]2C[C@H]1c1ncc(-c2ccc(-c3ccc4cc(-c5cnc([C@@H]6C[C@H]7[C@@H](C)[C@H]7N6C(=O)[C@@H](NC(=O)OC)C(C)C)[nH]5)ccc4c3)cc2)[nH]1)C(C)C. The van der Waals surface area contributed by atoms with Gasteiger partial charge in [-0.3, -0.25) is 9.59 Å². The third kappa shape index (κ3) is 7.26. The highest BCUT2D eigenvalue weighted by Gasteiger charge is 2.62. The predicted molar refractivity (Wildman–Crippen MR) is 234 cm³/mol. The van der Waals surface area contributed by atoms with Crippen LogP contribution >= 0.6 is 0 Å². The molecule has 0 spiro atoms. The molecule has 5 aromatic rings. The smallest absolute Gasteiger partial charge is 0.407 e. The average Bonchev–Trinajstić information content (AvgIpc) is 3.75. The maximum Gasteiger partial charge on any atom is 0.407 e. The van der Waals surface area contributed by atoms with E-state index in [1.807, 2.05) is 49.9 Å². The predicted octanol–water partition coefficient (Wildman–Crippen LogP) is 7.86. The summed E-state index contributed by atoms with van der Waals surface area (Å²) in [7, 11) is 2.61. The van der Waals surface area contributed by atoms with E-state index in [9.17, 15) is 19.2 Å². The van der Waals surface area contributed by atoms with E-state index in [0.717, 1.165) is 68.9 Å². The van der Waals surface area contributed by atoms with Gasteiger partial charge in [0.05, 0.1) is 50.1 Å². The maximum atomic E-state index is 14.0. The molecule has 2 aliphatic heterocycles.